The highest BCUT2D eigenvalue weighted by molar-refractivity contribution is 4.97. The van der Waals surface area contributed by atoms with E-state index in [0.717, 1.165) is 6.42 Å². The Morgan fingerprint density at radius 3 is 2.92 bits per heavy atom. The van der Waals surface area contributed by atoms with Crippen molar-refractivity contribution in [2.24, 2.45) is 13.0 Å². The Labute approximate surface area is 77.6 Å². The second-order valence-electron chi connectivity index (χ2n) is 3.87. The van der Waals surface area contributed by atoms with E-state index in [1.165, 1.54) is 19.3 Å². The third-order valence-electron chi connectivity index (χ3n) is 2.74. The quantitative estimate of drug-likeness (QED) is 0.758. The highest BCUT2D eigenvalue weighted by Gasteiger charge is 2.22. The number of aliphatic hydroxyl groups excluding tert-OH is 1. The van der Waals surface area contributed by atoms with Gasteiger partial charge in [-0.15, -0.1) is 5.10 Å². The summed E-state index contributed by atoms with van der Waals surface area (Å²) >= 11 is 0. The molecular weight excluding hydrogens is 166 g/mol. The van der Waals surface area contributed by atoms with Gasteiger partial charge < -0.3 is 5.11 Å². The Morgan fingerprint density at radius 1 is 1.69 bits per heavy atom. The molecule has 4 heteroatoms. The number of aromatic nitrogens is 3. The summed E-state index contributed by atoms with van der Waals surface area (Å²) in [7, 11) is 1.81. The van der Waals surface area contributed by atoms with Crippen LogP contribution in [0, 0.1) is 5.92 Å². The normalized spacial score (nSPS) is 19.8. The van der Waals surface area contributed by atoms with Crippen molar-refractivity contribution in [2.45, 2.75) is 31.8 Å². The molecular formula is C9H15N3O. The van der Waals surface area contributed by atoms with Crippen molar-refractivity contribution in [3.63, 3.8) is 0 Å². The molecule has 1 heterocycles. The molecule has 0 aromatic carbocycles. The fourth-order valence-corrected chi connectivity index (χ4v) is 1.68. The molecule has 0 amide bonds. The lowest BCUT2D eigenvalue weighted by Crippen LogP contribution is -2.15. The van der Waals surface area contributed by atoms with Gasteiger partial charge in [0, 0.05) is 7.05 Å². The molecule has 1 aliphatic carbocycles. The monoisotopic (exact) mass is 181 g/mol. The van der Waals surface area contributed by atoms with Gasteiger partial charge in [0.15, 0.2) is 0 Å². The van der Waals surface area contributed by atoms with E-state index < -0.39 is 6.10 Å². The van der Waals surface area contributed by atoms with Crippen molar-refractivity contribution in [2.75, 3.05) is 0 Å². The minimum absolute atomic E-state index is 0.418. The van der Waals surface area contributed by atoms with Gasteiger partial charge in [-0.05, 0) is 12.3 Å². The molecule has 1 saturated carbocycles. The lowest BCUT2D eigenvalue weighted by molar-refractivity contribution is 0.115. The fourth-order valence-electron chi connectivity index (χ4n) is 1.68. The summed E-state index contributed by atoms with van der Waals surface area (Å²) in [5.41, 5.74) is 0.703. The number of aryl methyl sites for hydroxylation is 1. The zero-order valence-electron chi connectivity index (χ0n) is 7.85. The zero-order valence-corrected chi connectivity index (χ0v) is 7.85. The Hall–Kier alpha value is -0.900. The zero-order chi connectivity index (χ0) is 9.26. The van der Waals surface area contributed by atoms with Crippen LogP contribution < -0.4 is 0 Å². The molecule has 4 nitrogen and oxygen atoms in total. The lowest BCUT2D eigenvalue weighted by Gasteiger charge is -2.26. The summed E-state index contributed by atoms with van der Waals surface area (Å²) in [4.78, 5) is 0. The lowest BCUT2D eigenvalue weighted by atomic mass is 9.81. The maximum atomic E-state index is 9.75. The number of aliphatic hydroxyl groups is 1. The fraction of sp³-hybridized carbons (Fsp3) is 0.778. The Morgan fingerprint density at radius 2 is 2.46 bits per heavy atom. The van der Waals surface area contributed by atoms with Crippen molar-refractivity contribution < 1.29 is 5.11 Å². The average molecular weight is 181 g/mol. The molecule has 1 unspecified atom stereocenters. The van der Waals surface area contributed by atoms with Crippen LogP contribution in [0.25, 0.3) is 0 Å². The Balaban J connectivity index is 1.92. The molecule has 0 spiro atoms. The topological polar surface area (TPSA) is 50.9 Å². The van der Waals surface area contributed by atoms with E-state index in [0.29, 0.717) is 11.6 Å². The summed E-state index contributed by atoms with van der Waals surface area (Å²) < 4.78 is 1.62. The standard InChI is InChI=1S/C9H15N3O/c1-12-6-8(10-11-12)9(13)5-7-3-2-4-7/h6-7,9,13H,2-5H2,1H3. The highest BCUT2D eigenvalue weighted by Crippen LogP contribution is 2.33. The molecule has 0 radical (unpaired) electrons. The van der Waals surface area contributed by atoms with Gasteiger partial charge in [-0.25, -0.2) is 0 Å². The van der Waals surface area contributed by atoms with Gasteiger partial charge in [0.05, 0.1) is 12.3 Å². The van der Waals surface area contributed by atoms with Gasteiger partial charge >= 0.3 is 0 Å². The van der Waals surface area contributed by atoms with Crippen LogP contribution in [-0.4, -0.2) is 20.1 Å². The molecule has 1 aromatic rings. The van der Waals surface area contributed by atoms with Crippen LogP contribution >= 0.6 is 0 Å². The second kappa shape index (κ2) is 3.46. The van der Waals surface area contributed by atoms with Gasteiger partial charge in [-0.3, -0.25) is 4.68 Å². The van der Waals surface area contributed by atoms with Crippen LogP contribution in [0.2, 0.25) is 0 Å². The second-order valence-corrected chi connectivity index (χ2v) is 3.87. The predicted octanol–water partition coefficient (Wildman–Crippen LogP) is 1.04. The number of hydrogen-bond acceptors (Lipinski definition) is 3. The number of rotatable bonds is 3. The third kappa shape index (κ3) is 1.88. The van der Waals surface area contributed by atoms with Crippen molar-refractivity contribution in [3.8, 4) is 0 Å². The van der Waals surface area contributed by atoms with Crippen LogP contribution in [0.15, 0.2) is 6.20 Å². The summed E-state index contributed by atoms with van der Waals surface area (Å²) in [6, 6.07) is 0. The van der Waals surface area contributed by atoms with Gasteiger partial charge in [0.1, 0.15) is 5.69 Å². The molecule has 1 aliphatic rings. The summed E-state index contributed by atoms with van der Waals surface area (Å²) in [5.74, 6) is 0.706. The molecule has 0 bridgehead atoms. The van der Waals surface area contributed by atoms with Crippen LogP contribution in [0.4, 0.5) is 0 Å². The van der Waals surface area contributed by atoms with Crippen LogP contribution in [0.1, 0.15) is 37.5 Å². The first-order valence-electron chi connectivity index (χ1n) is 4.80. The molecule has 1 atom stereocenters. The average Bonchev–Trinajstić information content (AvgIpc) is 2.44. The maximum Gasteiger partial charge on any atom is 0.111 e. The molecule has 13 heavy (non-hydrogen) atoms. The van der Waals surface area contributed by atoms with E-state index in [-0.39, 0.29) is 0 Å². The van der Waals surface area contributed by atoms with Crippen LogP contribution in [0.3, 0.4) is 0 Å². The van der Waals surface area contributed by atoms with Crippen molar-refractivity contribution in [3.05, 3.63) is 11.9 Å². The molecule has 0 saturated heterocycles. The largest absolute Gasteiger partial charge is 0.387 e. The third-order valence-corrected chi connectivity index (χ3v) is 2.74. The van der Waals surface area contributed by atoms with Crippen molar-refractivity contribution >= 4 is 0 Å². The van der Waals surface area contributed by atoms with Crippen LogP contribution in [0.5, 0.6) is 0 Å². The SMILES string of the molecule is Cn1cc(C(O)CC2CCC2)nn1. The summed E-state index contributed by atoms with van der Waals surface area (Å²) in [5, 5.41) is 17.4. The molecule has 1 fully saturated rings. The predicted molar refractivity (Wildman–Crippen MR) is 47.9 cm³/mol. The first-order valence-corrected chi connectivity index (χ1v) is 4.80. The van der Waals surface area contributed by atoms with E-state index >= 15 is 0 Å². The van der Waals surface area contributed by atoms with Gasteiger partial charge in [-0.2, -0.15) is 0 Å². The summed E-state index contributed by atoms with van der Waals surface area (Å²) in [6.45, 7) is 0. The molecule has 72 valence electrons. The minimum atomic E-state index is -0.418. The van der Waals surface area contributed by atoms with E-state index in [1.807, 2.05) is 7.05 Å². The van der Waals surface area contributed by atoms with E-state index in [2.05, 4.69) is 10.3 Å². The van der Waals surface area contributed by atoms with Gasteiger partial charge in [0.25, 0.3) is 0 Å². The maximum absolute atomic E-state index is 9.75. The first kappa shape index (κ1) is 8.69. The minimum Gasteiger partial charge on any atom is -0.387 e. The van der Waals surface area contributed by atoms with Crippen molar-refractivity contribution in [1.82, 2.24) is 15.0 Å². The van der Waals surface area contributed by atoms with Gasteiger partial charge in [-0.1, -0.05) is 24.5 Å². The molecule has 1 aromatic heterocycles. The molecule has 0 aliphatic heterocycles. The van der Waals surface area contributed by atoms with E-state index in [4.69, 9.17) is 0 Å². The first-order chi connectivity index (χ1) is 6.25. The summed E-state index contributed by atoms with van der Waals surface area (Å²) in [6.07, 6.45) is 6.05. The van der Waals surface area contributed by atoms with Crippen molar-refractivity contribution in [1.29, 1.82) is 0 Å². The highest BCUT2D eigenvalue weighted by atomic mass is 16.3. The number of hydrogen-bond donors (Lipinski definition) is 1. The van der Waals surface area contributed by atoms with E-state index in [9.17, 15) is 5.11 Å². The Kier molecular flexibility index (Phi) is 2.31. The molecule has 1 N–H and O–H groups in total. The molecule has 2 rings (SSSR count). The van der Waals surface area contributed by atoms with Crippen LogP contribution in [-0.2, 0) is 7.05 Å². The number of nitrogens with zero attached hydrogens (tertiary/aromatic N) is 3. The van der Waals surface area contributed by atoms with Gasteiger partial charge in [0.2, 0.25) is 0 Å². The smallest absolute Gasteiger partial charge is 0.111 e. The van der Waals surface area contributed by atoms with E-state index in [1.54, 1.807) is 10.9 Å². The Bertz CT molecular complexity index is 280.